The number of nitrogens with zero attached hydrogens (tertiary/aromatic N) is 2. The highest BCUT2D eigenvalue weighted by Gasteiger charge is 2.22. The van der Waals surface area contributed by atoms with E-state index in [9.17, 15) is 4.79 Å². The van der Waals surface area contributed by atoms with Crippen molar-refractivity contribution in [2.45, 2.75) is 53.0 Å². The molecule has 22 heavy (non-hydrogen) atoms. The molecule has 0 spiro atoms. The number of benzene rings is 1. The third-order valence-corrected chi connectivity index (χ3v) is 3.48. The van der Waals surface area contributed by atoms with Gasteiger partial charge in [0.25, 0.3) is 0 Å². The zero-order chi connectivity index (χ0) is 16.5. The lowest BCUT2D eigenvalue weighted by molar-refractivity contribution is 0.0691. The quantitative estimate of drug-likeness (QED) is 0.896. The van der Waals surface area contributed by atoms with Gasteiger partial charge in [0.1, 0.15) is 5.82 Å². The van der Waals surface area contributed by atoms with Gasteiger partial charge in [0.2, 0.25) is 0 Å². The molecule has 1 N–H and O–H groups in total. The Morgan fingerprint density at radius 1 is 1.18 bits per heavy atom. The van der Waals surface area contributed by atoms with E-state index < -0.39 is 5.97 Å². The van der Waals surface area contributed by atoms with Crippen molar-refractivity contribution in [1.82, 2.24) is 9.55 Å². The molecule has 1 atom stereocenters. The van der Waals surface area contributed by atoms with Gasteiger partial charge in [-0.3, -0.25) is 0 Å². The first-order valence-electron chi connectivity index (χ1n) is 8.08. The van der Waals surface area contributed by atoms with Gasteiger partial charge in [-0.2, -0.15) is 0 Å². The molecule has 2 aromatic rings. The predicted octanol–water partition coefficient (Wildman–Crippen LogP) is 4.36. The number of fused-ring (bicyclic) bond motifs is 1. The molecule has 3 rings (SSSR count). The summed E-state index contributed by atoms with van der Waals surface area (Å²) in [6.45, 7) is 8.82. The van der Waals surface area contributed by atoms with Crippen LogP contribution in [0.25, 0.3) is 0 Å². The Morgan fingerprint density at radius 3 is 2.41 bits per heavy atom. The van der Waals surface area contributed by atoms with E-state index in [2.05, 4.69) is 17.1 Å². The summed E-state index contributed by atoms with van der Waals surface area (Å²) in [5.74, 6) is 0.391. The van der Waals surface area contributed by atoms with E-state index in [1.807, 2.05) is 50.5 Å². The third kappa shape index (κ3) is 4.20. The summed E-state index contributed by atoms with van der Waals surface area (Å²) in [5.41, 5.74) is 1.47. The number of rotatable bonds is 2. The Labute approximate surface area is 132 Å². The van der Waals surface area contributed by atoms with Crippen molar-refractivity contribution in [1.29, 1.82) is 0 Å². The van der Waals surface area contributed by atoms with Gasteiger partial charge in [-0.25, -0.2) is 9.78 Å². The molecule has 1 aliphatic heterocycles. The number of hydrogen-bond donors (Lipinski definition) is 1. The van der Waals surface area contributed by atoms with Crippen LogP contribution in [-0.4, -0.2) is 20.6 Å². The Morgan fingerprint density at radius 2 is 1.82 bits per heavy atom. The molecule has 0 bridgehead atoms. The summed E-state index contributed by atoms with van der Waals surface area (Å²) >= 11 is 0. The molecule has 4 nitrogen and oxygen atoms in total. The molecule has 0 fully saturated rings. The van der Waals surface area contributed by atoms with Crippen molar-refractivity contribution in [3.63, 3.8) is 0 Å². The van der Waals surface area contributed by atoms with Crippen molar-refractivity contribution in [2.75, 3.05) is 0 Å². The molecule has 0 saturated carbocycles. The lowest BCUT2D eigenvalue weighted by atomic mass is 9.92. The monoisotopic (exact) mass is 302 g/mol. The van der Waals surface area contributed by atoms with Crippen LogP contribution in [0.15, 0.2) is 36.5 Å². The first-order chi connectivity index (χ1) is 10.7. The molecular weight excluding hydrogens is 276 g/mol. The molecule has 4 heteroatoms. The number of carboxylic acids is 1. The second-order valence-corrected chi connectivity index (χ2v) is 4.65. The Bertz CT molecular complexity index is 576. The molecule has 0 aliphatic carbocycles. The van der Waals surface area contributed by atoms with Crippen LogP contribution in [0.2, 0.25) is 0 Å². The zero-order valence-electron chi connectivity index (χ0n) is 13.9. The molecule has 0 amide bonds. The molecule has 2 heterocycles. The third-order valence-electron chi connectivity index (χ3n) is 3.48. The van der Waals surface area contributed by atoms with Crippen LogP contribution in [0.3, 0.4) is 0 Å². The van der Waals surface area contributed by atoms with Gasteiger partial charge in [-0.05, 0) is 12.0 Å². The van der Waals surface area contributed by atoms with E-state index in [1.165, 1.54) is 5.56 Å². The lowest BCUT2D eigenvalue weighted by Crippen LogP contribution is -2.18. The molecule has 1 unspecified atom stereocenters. The van der Waals surface area contributed by atoms with Crippen molar-refractivity contribution in [3.05, 3.63) is 53.6 Å². The standard InChI is InChI=1S/C14H14N2O2.2C2H6/c17-14(18)12-9-16-8-11(6-7-13(16)15-12)10-4-2-1-3-5-10;2*1-2/h1-5,9,11H,6-8H2,(H,17,18);2*1-2H3. The van der Waals surface area contributed by atoms with Crippen LogP contribution < -0.4 is 0 Å². The highest BCUT2D eigenvalue weighted by Crippen LogP contribution is 2.28. The normalized spacial score (nSPS) is 15.5. The van der Waals surface area contributed by atoms with E-state index in [-0.39, 0.29) is 5.69 Å². The van der Waals surface area contributed by atoms with Gasteiger partial charge in [0.15, 0.2) is 5.69 Å². The van der Waals surface area contributed by atoms with Gasteiger partial charge in [0.05, 0.1) is 0 Å². The number of hydrogen-bond acceptors (Lipinski definition) is 2. The average Bonchev–Trinajstić information content (AvgIpc) is 3.03. The minimum absolute atomic E-state index is 0.152. The van der Waals surface area contributed by atoms with Crippen LogP contribution in [-0.2, 0) is 13.0 Å². The molecule has 0 radical (unpaired) electrons. The smallest absolute Gasteiger partial charge is 0.356 e. The van der Waals surface area contributed by atoms with E-state index in [1.54, 1.807) is 6.20 Å². The van der Waals surface area contributed by atoms with Gasteiger partial charge in [0, 0.05) is 25.1 Å². The molecule has 1 aromatic carbocycles. The van der Waals surface area contributed by atoms with Crippen LogP contribution in [0, 0.1) is 0 Å². The maximum atomic E-state index is 10.9. The summed E-state index contributed by atoms with van der Waals surface area (Å²) in [4.78, 5) is 15.0. The SMILES string of the molecule is CC.CC.O=C(O)c1cn2c(n1)CCC(c1ccccc1)C2. The molecule has 120 valence electrons. The number of aromatic carboxylic acids is 1. The van der Waals surface area contributed by atoms with Crippen LogP contribution in [0.5, 0.6) is 0 Å². The Kier molecular flexibility index (Phi) is 7.37. The van der Waals surface area contributed by atoms with Gasteiger partial charge in [-0.15, -0.1) is 0 Å². The number of aryl methyl sites for hydroxylation is 1. The second kappa shape index (κ2) is 9.03. The molecule has 1 aliphatic rings. The van der Waals surface area contributed by atoms with Crippen LogP contribution in [0.1, 0.15) is 61.9 Å². The predicted molar refractivity (Wildman–Crippen MR) is 89.4 cm³/mol. The van der Waals surface area contributed by atoms with Crippen molar-refractivity contribution in [2.24, 2.45) is 0 Å². The summed E-state index contributed by atoms with van der Waals surface area (Å²) < 4.78 is 1.98. The maximum Gasteiger partial charge on any atom is 0.356 e. The van der Waals surface area contributed by atoms with Crippen molar-refractivity contribution >= 4 is 5.97 Å². The second-order valence-electron chi connectivity index (χ2n) is 4.65. The van der Waals surface area contributed by atoms with E-state index in [4.69, 9.17) is 5.11 Å². The Balaban J connectivity index is 0.000000561. The van der Waals surface area contributed by atoms with E-state index in [0.717, 1.165) is 25.2 Å². The average molecular weight is 302 g/mol. The van der Waals surface area contributed by atoms with Crippen molar-refractivity contribution < 1.29 is 9.90 Å². The van der Waals surface area contributed by atoms with Gasteiger partial charge >= 0.3 is 5.97 Å². The number of carbonyl (C=O) groups is 1. The topological polar surface area (TPSA) is 55.1 Å². The molecular formula is C18H26N2O2. The first-order valence-corrected chi connectivity index (χ1v) is 8.08. The number of imidazole rings is 1. The molecule has 0 saturated heterocycles. The fourth-order valence-corrected chi connectivity index (χ4v) is 2.54. The van der Waals surface area contributed by atoms with E-state index >= 15 is 0 Å². The van der Waals surface area contributed by atoms with Gasteiger partial charge < -0.3 is 9.67 Å². The summed E-state index contributed by atoms with van der Waals surface area (Å²) in [6.07, 6.45) is 3.51. The highest BCUT2D eigenvalue weighted by molar-refractivity contribution is 5.85. The summed E-state index contributed by atoms with van der Waals surface area (Å²) in [6, 6.07) is 10.4. The fraction of sp³-hybridized carbons (Fsp3) is 0.444. The minimum atomic E-state index is -0.951. The summed E-state index contributed by atoms with van der Waals surface area (Å²) in [7, 11) is 0. The van der Waals surface area contributed by atoms with E-state index in [0.29, 0.717) is 5.92 Å². The van der Waals surface area contributed by atoms with Crippen LogP contribution >= 0.6 is 0 Å². The number of aromatic nitrogens is 2. The summed E-state index contributed by atoms with van der Waals surface area (Å²) in [5, 5.41) is 8.94. The zero-order valence-corrected chi connectivity index (χ0v) is 13.9. The highest BCUT2D eigenvalue weighted by atomic mass is 16.4. The minimum Gasteiger partial charge on any atom is -0.476 e. The fourth-order valence-electron chi connectivity index (χ4n) is 2.54. The largest absolute Gasteiger partial charge is 0.476 e. The maximum absolute atomic E-state index is 10.9. The van der Waals surface area contributed by atoms with Crippen LogP contribution in [0.4, 0.5) is 0 Å². The first kappa shape index (κ1) is 18.0. The Hall–Kier alpha value is -2.10. The number of carboxylic acid groups (broad SMARTS) is 1. The lowest BCUT2D eigenvalue weighted by Gasteiger charge is -2.23. The van der Waals surface area contributed by atoms with Gasteiger partial charge in [-0.1, -0.05) is 58.0 Å². The van der Waals surface area contributed by atoms with Crippen molar-refractivity contribution in [3.8, 4) is 0 Å². The molecule has 1 aromatic heterocycles.